The van der Waals surface area contributed by atoms with E-state index in [4.69, 9.17) is 0 Å². The first kappa shape index (κ1) is 24.0. The van der Waals surface area contributed by atoms with Crippen molar-refractivity contribution in [3.8, 4) is 0 Å². The Morgan fingerprint density at radius 2 is 1.83 bits per heavy atom. The molecular weight excluding hydrogens is 495 g/mol. The SMILES string of the molecule is CN=C(NCc1ccc(CN2CCN(C)CC2)cc1)N(C)Cc1csc(C)n1.I. The van der Waals surface area contributed by atoms with Crippen molar-refractivity contribution in [2.45, 2.75) is 26.6 Å². The molecule has 3 rings (SSSR count). The molecule has 0 spiro atoms. The van der Waals surface area contributed by atoms with Gasteiger partial charge in [0.2, 0.25) is 0 Å². The van der Waals surface area contributed by atoms with E-state index >= 15 is 0 Å². The van der Waals surface area contributed by atoms with Crippen molar-refractivity contribution in [2.75, 3.05) is 47.3 Å². The molecule has 0 amide bonds. The molecular formula is C21H33IN6S. The predicted molar refractivity (Wildman–Crippen MR) is 133 cm³/mol. The number of aryl methyl sites for hydroxylation is 1. The second-order valence-electron chi connectivity index (χ2n) is 7.51. The zero-order valence-electron chi connectivity index (χ0n) is 17.9. The third-order valence-corrected chi connectivity index (χ3v) is 5.94. The smallest absolute Gasteiger partial charge is 0.194 e. The normalized spacial score (nSPS) is 15.8. The first-order valence-corrected chi connectivity index (χ1v) is 10.7. The summed E-state index contributed by atoms with van der Waals surface area (Å²) in [6.07, 6.45) is 0. The number of hydrogen-bond donors (Lipinski definition) is 1. The molecule has 1 aromatic heterocycles. The predicted octanol–water partition coefficient (Wildman–Crippen LogP) is 3.02. The molecule has 29 heavy (non-hydrogen) atoms. The van der Waals surface area contributed by atoms with Crippen LogP contribution < -0.4 is 5.32 Å². The van der Waals surface area contributed by atoms with Crippen LogP contribution in [0.3, 0.4) is 0 Å². The van der Waals surface area contributed by atoms with Gasteiger partial charge in [0.25, 0.3) is 0 Å². The number of nitrogens with one attached hydrogen (secondary N) is 1. The van der Waals surface area contributed by atoms with E-state index in [-0.39, 0.29) is 24.0 Å². The molecule has 8 heteroatoms. The lowest BCUT2D eigenvalue weighted by Crippen LogP contribution is -2.43. The van der Waals surface area contributed by atoms with Crippen molar-refractivity contribution in [1.29, 1.82) is 0 Å². The standard InChI is InChI=1S/C21H32N6S.HI/c1-17-24-20(16-28-17)15-26(4)21(22-2)23-13-18-5-7-19(8-6-18)14-27-11-9-25(3)10-12-27;/h5-8,16H,9-15H2,1-4H3,(H,22,23);1H. The van der Waals surface area contributed by atoms with Gasteiger partial charge < -0.3 is 15.1 Å². The lowest BCUT2D eigenvalue weighted by atomic mass is 10.1. The van der Waals surface area contributed by atoms with Crippen LogP contribution in [0, 0.1) is 6.92 Å². The van der Waals surface area contributed by atoms with E-state index in [0.717, 1.165) is 62.5 Å². The molecule has 1 aliphatic rings. The Morgan fingerprint density at radius 1 is 1.17 bits per heavy atom. The second-order valence-corrected chi connectivity index (χ2v) is 8.57. The average molecular weight is 529 g/mol. The molecule has 2 heterocycles. The number of likely N-dealkylation sites (N-methyl/N-ethyl adjacent to an activating group) is 1. The summed E-state index contributed by atoms with van der Waals surface area (Å²) in [5.41, 5.74) is 3.73. The number of guanidine groups is 1. The van der Waals surface area contributed by atoms with Crippen molar-refractivity contribution < 1.29 is 0 Å². The van der Waals surface area contributed by atoms with Crippen LogP contribution >= 0.6 is 35.3 Å². The molecule has 0 saturated carbocycles. The number of benzene rings is 1. The van der Waals surface area contributed by atoms with Crippen LogP contribution in [0.2, 0.25) is 0 Å². The van der Waals surface area contributed by atoms with Gasteiger partial charge in [0.1, 0.15) is 0 Å². The lowest BCUT2D eigenvalue weighted by Gasteiger charge is -2.32. The maximum atomic E-state index is 4.53. The largest absolute Gasteiger partial charge is 0.352 e. The zero-order valence-corrected chi connectivity index (χ0v) is 21.0. The van der Waals surface area contributed by atoms with Crippen molar-refractivity contribution >= 4 is 41.3 Å². The molecule has 1 aliphatic heterocycles. The molecule has 1 N–H and O–H groups in total. The minimum absolute atomic E-state index is 0. The Kier molecular flexibility index (Phi) is 9.81. The monoisotopic (exact) mass is 528 g/mol. The molecule has 1 fully saturated rings. The number of aliphatic imine (C=N–C) groups is 1. The summed E-state index contributed by atoms with van der Waals surface area (Å²) in [4.78, 5) is 16.0. The number of thiazole rings is 1. The molecule has 0 bridgehead atoms. The van der Waals surface area contributed by atoms with Crippen LogP contribution in [0.25, 0.3) is 0 Å². The van der Waals surface area contributed by atoms with E-state index < -0.39 is 0 Å². The fourth-order valence-corrected chi connectivity index (χ4v) is 4.00. The fourth-order valence-electron chi connectivity index (χ4n) is 3.39. The maximum absolute atomic E-state index is 4.53. The van der Waals surface area contributed by atoms with Crippen molar-refractivity contribution in [1.82, 2.24) is 25.0 Å². The molecule has 6 nitrogen and oxygen atoms in total. The number of nitrogens with zero attached hydrogens (tertiary/aromatic N) is 5. The molecule has 1 saturated heterocycles. The third kappa shape index (κ3) is 7.51. The summed E-state index contributed by atoms with van der Waals surface area (Å²) in [7, 11) is 6.07. The summed E-state index contributed by atoms with van der Waals surface area (Å²) < 4.78 is 0. The minimum atomic E-state index is 0. The van der Waals surface area contributed by atoms with Gasteiger partial charge in [0.15, 0.2) is 5.96 Å². The third-order valence-electron chi connectivity index (χ3n) is 5.11. The number of aromatic nitrogens is 1. The summed E-state index contributed by atoms with van der Waals surface area (Å²) in [5.74, 6) is 0.882. The van der Waals surface area contributed by atoms with Crippen LogP contribution in [0.15, 0.2) is 34.6 Å². The van der Waals surface area contributed by atoms with E-state index in [9.17, 15) is 0 Å². The second kappa shape index (κ2) is 11.8. The van der Waals surface area contributed by atoms with Gasteiger partial charge >= 0.3 is 0 Å². The van der Waals surface area contributed by atoms with E-state index in [2.05, 4.69) is 66.7 Å². The van der Waals surface area contributed by atoms with Crippen molar-refractivity contribution in [3.63, 3.8) is 0 Å². The summed E-state index contributed by atoms with van der Waals surface area (Å²) in [6, 6.07) is 8.94. The Bertz CT molecular complexity index is 768. The highest BCUT2D eigenvalue weighted by Gasteiger charge is 2.14. The van der Waals surface area contributed by atoms with E-state index in [0.29, 0.717) is 0 Å². The average Bonchev–Trinajstić information content (AvgIpc) is 3.10. The Hall–Kier alpha value is -1.23. The van der Waals surface area contributed by atoms with Gasteiger partial charge in [-0.1, -0.05) is 24.3 Å². The highest BCUT2D eigenvalue weighted by Crippen LogP contribution is 2.11. The van der Waals surface area contributed by atoms with Crippen molar-refractivity contribution in [2.24, 2.45) is 4.99 Å². The molecule has 0 unspecified atom stereocenters. The van der Waals surface area contributed by atoms with E-state index in [1.807, 2.05) is 21.0 Å². The Balaban J connectivity index is 0.00000300. The highest BCUT2D eigenvalue weighted by molar-refractivity contribution is 14.0. The van der Waals surface area contributed by atoms with Gasteiger partial charge in [0, 0.05) is 58.7 Å². The van der Waals surface area contributed by atoms with Crippen molar-refractivity contribution in [3.05, 3.63) is 51.5 Å². The lowest BCUT2D eigenvalue weighted by molar-refractivity contribution is 0.148. The number of hydrogen-bond acceptors (Lipinski definition) is 5. The zero-order chi connectivity index (χ0) is 19.9. The van der Waals surface area contributed by atoms with Gasteiger partial charge in [-0.2, -0.15) is 0 Å². The van der Waals surface area contributed by atoms with Gasteiger partial charge in [-0.05, 0) is 25.1 Å². The topological polar surface area (TPSA) is 47.0 Å². The minimum Gasteiger partial charge on any atom is -0.352 e. The molecule has 0 radical (unpaired) electrons. The molecule has 160 valence electrons. The van der Waals surface area contributed by atoms with Crippen LogP contribution in [0.4, 0.5) is 0 Å². The Morgan fingerprint density at radius 3 is 2.41 bits per heavy atom. The van der Waals surface area contributed by atoms with Crippen LogP contribution in [-0.4, -0.2) is 73.0 Å². The molecule has 0 aliphatic carbocycles. The summed E-state index contributed by atoms with van der Waals surface area (Å²) >= 11 is 1.69. The highest BCUT2D eigenvalue weighted by atomic mass is 127. The van der Waals surface area contributed by atoms with Crippen LogP contribution in [-0.2, 0) is 19.6 Å². The quantitative estimate of drug-likeness (QED) is 0.355. The number of rotatable bonds is 6. The summed E-state index contributed by atoms with van der Waals surface area (Å²) in [5, 5.41) is 6.66. The van der Waals surface area contributed by atoms with Crippen LogP contribution in [0.5, 0.6) is 0 Å². The van der Waals surface area contributed by atoms with Gasteiger partial charge in [0.05, 0.1) is 17.2 Å². The van der Waals surface area contributed by atoms with Crippen LogP contribution in [0.1, 0.15) is 21.8 Å². The first-order valence-electron chi connectivity index (χ1n) is 9.85. The Labute approximate surface area is 196 Å². The van der Waals surface area contributed by atoms with Gasteiger partial charge in [-0.25, -0.2) is 4.98 Å². The maximum Gasteiger partial charge on any atom is 0.194 e. The van der Waals surface area contributed by atoms with Gasteiger partial charge in [-0.3, -0.25) is 9.89 Å². The number of piperazine rings is 1. The van der Waals surface area contributed by atoms with E-state index in [1.54, 1.807) is 11.3 Å². The number of halogens is 1. The summed E-state index contributed by atoms with van der Waals surface area (Å²) in [6.45, 7) is 9.23. The first-order chi connectivity index (χ1) is 13.5. The fraction of sp³-hybridized carbons (Fsp3) is 0.524. The molecule has 2 aromatic rings. The van der Waals surface area contributed by atoms with Gasteiger partial charge in [-0.15, -0.1) is 35.3 Å². The molecule has 0 atom stereocenters. The van der Waals surface area contributed by atoms with E-state index in [1.165, 1.54) is 11.1 Å². The molecule has 1 aromatic carbocycles.